The van der Waals surface area contributed by atoms with Crippen molar-refractivity contribution in [1.29, 1.82) is 0 Å². The molecule has 0 bridgehead atoms. The molecule has 0 unspecified atom stereocenters. The molecule has 1 aromatic carbocycles. The maximum atomic E-state index is 13.3. The van der Waals surface area contributed by atoms with Gasteiger partial charge in [-0.3, -0.25) is 9.59 Å². The Labute approximate surface area is 178 Å². The lowest BCUT2D eigenvalue weighted by Gasteiger charge is -2.31. The molecule has 4 nitrogen and oxygen atoms in total. The second-order valence-electron chi connectivity index (χ2n) is 8.29. The largest absolute Gasteiger partial charge is 0.332 e. The summed E-state index contributed by atoms with van der Waals surface area (Å²) in [5.74, 6) is 0.255. The Kier molecular flexibility index (Phi) is 7.48. The number of hydrogen-bond acceptors (Lipinski definition) is 3. The van der Waals surface area contributed by atoms with Crippen LogP contribution < -0.4 is 0 Å². The highest BCUT2D eigenvalue weighted by molar-refractivity contribution is 7.11. The van der Waals surface area contributed by atoms with Crippen molar-refractivity contribution >= 4 is 23.2 Å². The van der Waals surface area contributed by atoms with Gasteiger partial charge in [0, 0.05) is 28.3 Å². The molecule has 1 aliphatic rings. The number of benzene rings is 1. The third-order valence-corrected chi connectivity index (χ3v) is 6.61. The molecule has 156 valence electrons. The molecule has 1 aromatic heterocycles. The van der Waals surface area contributed by atoms with E-state index in [-0.39, 0.29) is 30.3 Å². The number of amides is 2. The van der Waals surface area contributed by atoms with Crippen molar-refractivity contribution in [1.82, 2.24) is 9.80 Å². The SMILES string of the molecule is Cc1ccc(CN(Cc2ccccc2)C(=O)CN(C(=O)C2CCCC2)C(C)C)s1. The minimum absolute atomic E-state index is 0.0138. The van der Waals surface area contributed by atoms with Crippen LogP contribution in [0.1, 0.15) is 54.8 Å². The van der Waals surface area contributed by atoms with E-state index in [2.05, 4.69) is 19.1 Å². The average molecular weight is 413 g/mol. The van der Waals surface area contributed by atoms with Crippen LogP contribution in [-0.4, -0.2) is 34.2 Å². The first kappa shape index (κ1) is 21.6. The smallest absolute Gasteiger partial charge is 0.242 e. The second kappa shape index (κ2) is 10.1. The third kappa shape index (κ3) is 5.92. The minimum Gasteiger partial charge on any atom is -0.332 e. The monoisotopic (exact) mass is 412 g/mol. The molecule has 0 saturated heterocycles. The molecule has 1 aliphatic carbocycles. The molecule has 5 heteroatoms. The number of nitrogens with zero attached hydrogens (tertiary/aromatic N) is 2. The molecule has 0 atom stereocenters. The van der Waals surface area contributed by atoms with Gasteiger partial charge in [-0.1, -0.05) is 43.2 Å². The molecule has 0 spiro atoms. The lowest BCUT2D eigenvalue weighted by Crippen LogP contribution is -2.47. The topological polar surface area (TPSA) is 40.6 Å². The van der Waals surface area contributed by atoms with E-state index in [0.717, 1.165) is 31.2 Å². The van der Waals surface area contributed by atoms with Gasteiger partial charge in [-0.25, -0.2) is 0 Å². The lowest BCUT2D eigenvalue weighted by molar-refractivity contribution is -0.145. The minimum atomic E-state index is 0.0138. The van der Waals surface area contributed by atoms with Gasteiger partial charge in [0.1, 0.15) is 6.54 Å². The van der Waals surface area contributed by atoms with E-state index in [4.69, 9.17) is 0 Å². The van der Waals surface area contributed by atoms with Crippen LogP contribution in [-0.2, 0) is 22.7 Å². The standard InChI is InChI=1S/C24H32N2O2S/c1-18(2)26(24(28)21-11-7-8-12-21)17-23(27)25(15-20-9-5-4-6-10-20)16-22-14-13-19(3)29-22/h4-6,9-10,13-14,18,21H,7-8,11-12,15-17H2,1-3H3. The van der Waals surface area contributed by atoms with Crippen molar-refractivity contribution in [3.8, 4) is 0 Å². The number of carbonyl (C=O) groups excluding carboxylic acids is 2. The van der Waals surface area contributed by atoms with Crippen LogP contribution in [0.5, 0.6) is 0 Å². The number of aryl methyl sites for hydroxylation is 1. The highest BCUT2D eigenvalue weighted by Gasteiger charge is 2.31. The zero-order valence-corrected chi connectivity index (χ0v) is 18.6. The van der Waals surface area contributed by atoms with E-state index in [9.17, 15) is 9.59 Å². The molecule has 1 heterocycles. The summed E-state index contributed by atoms with van der Waals surface area (Å²) in [5, 5.41) is 0. The lowest BCUT2D eigenvalue weighted by atomic mass is 10.1. The molecule has 0 radical (unpaired) electrons. The van der Waals surface area contributed by atoms with Crippen molar-refractivity contribution in [2.45, 2.75) is 65.6 Å². The van der Waals surface area contributed by atoms with Gasteiger partial charge in [-0.15, -0.1) is 11.3 Å². The fraction of sp³-hybridized carbons (Fsp3) is 0.500. The predicted octanol–water partition coefficient (Wildman–Crippen LogP) is 5.01. The number of thiophene rings is 1. The molecule has 29 heavy (non-hydrogen) atoms. The van der Waals surface area contributed by atoms with Gasteiger partial charge in [-0.05, 0) is 51.3 Å². The van der Waals surface area contributed by atoms with E-state index in [1.807, 2.05) is 49.1 Å². The average Bonchev–Trinajstić information content (AvgIpc) is 3.37. The van der Waals surface area contributed by atoms with E-state index < -0.39 is 0 Å². The zero-order valence-electron chi connectivity index (χ0n) is 17.8. The first-order valence-corrected chi connectivity index (χ1v) is 11.4. The van der Waals surface area contributed by atoms with Crippen molar-refractivity contribution in [3.63, 3.8) is 0 Å². The van der Waals surface area contributed by atoms with Gasteiger partial charge in [0.05, 0.1) is 6.54 Å². The van der Waals surface area contributed by atoms with Gasteiger partial charge in [0.15, 0.2) is 0 Å². The number of hydrogen-bond donors (Lipinski definition) is 0. The van der Waals surface area contributed by atoms with Crippen LogP contribution in [0.3, 0.4) is 0 Å². The molecule has 3 rings (SSSR count). The summed E-state index contributed by atoms with van der Waals surface area (Å²) in [7, 11) is 0. The molecule has 0 N–H and O–H groups in total. The van der Waals surface area contributed by atoms with E-state index in [1.165, 1.54) is 9.75 Å². The summed E-state index contributed by atoms with van der Waals surface area (Å²) < 4.78 is 0. The Bertz CT molecular complexity index is 809. The molecule has 1 fully saturated rings. The van der Waals surface area contributed by atoms with Crippen LogP contribution in [0, 0.1) is 12.8 Å². The Morgan fingerprint density at radius 1 is 1.03 bits per heavy atom. The summed E-state index contributed by atoms with van der Waals surface area (Å²) in [5.41, 5.74) is 1.10. The Hall–Kier alpha value is -2.14. The van der Waals surface area contributed by atoms with Crippen molar-refractivity contribution in [2.24, 2.45) is 5.92 Å². The first-order valence-electron chi connectivity index (χ1n) is 10.6. The van der Waals surface area contributed by atoms with Crippen molar-refractivity contribution < 1.29 is 9.59 Å². The molecule has 2 amide bonds. The summed E-state index contributed by atoms with van der Waals surface area (Å²) in [6.07, 6.45) is 4.15. The van der Waals surface area contributed by atoms with Gasteiger partial charge >= 0.3 is 0 Å². The van der Waals surface area contributed by atoms with Crippen molar-refractivity contribution in [2.75, 3.05) is 6.54 Å². The Morgan fingerprint density at radius 3 is 2.31 bits per heavy atom. The third-order valence-electron chi connectivity index (χ3n) is 5.63. The van der Waals surface area contributed by atoms with E-state index >= 15 is 0 Å². The molecule has 0 aliphatic heterocycles. The van der Waals surface area contributed by atoms with E-state index in [0.29, 0.717) is 13.1 Å². The van der Waals surface area contributed by atoms with Gasteiger partial charge in [0.25, 0.3) is 0 Å². The second-order valence-corrected chi connectivity index (χ2v) is 9.66. The molecule has 1 saturated carbocycles. The van der Waals surface area contributed by atoms with E-state index in [1.54, 1.807) is 16.2 Å². The summed E-state index contributed by atoms with van der Waals surface area (Å²) in [6, 6.07) is 14.3. The fourth-order valence-electron chi connectivity index (χ4n) is 3.96. The van der Waals surface area contributed by atoms with Crippen LogP contribution in [0.4, 0.5) is 0 Å². The maximum absolute atomic E-state index is 13.3. The van der Waals surface area contributed by atoms with Crippen LogP contribution in [0.2, 0.25) is 0 Å². The molecular formula is C24H32N2O2S. The number of carbonyl (C=O) groups is 2. The highest BCUT2D eigenvalue weighted by Crippen LogP contribution is 2.27. The first-order chi connectivity index (χ1) is 13.9. The summed E-state index contributed by atoms with van der Waals surface area (Å²) in [6.45, 7) is 7.38. The number of rotatable bonds is 8. The normalized spacial score (nSPS) is 14.3. The Morgan fingerprint density at radius 2 is 1.72 bits per heavy atom. The summed E-state index contributed by atoms with van der Waals surface area (Å²) in [4.78, 5) is 32.4. The van der Waals surface area contributed by atoms with Gasteiger partial charge < -0.3 is 9.80 Å². The van der Waals surface area contributed by atoms with Crippen LogP contribution in [0.15, 0.2) is 42.5 Å². The molecule has 2 aromatic rings. The zero-order chi connectivity index (χ0) is 20.8. The van der Waals surface area contributed by atoms with Crippen LogP contribution >= 0.6 is 11.3 Å². The van der Waals surface area contributed by atoms with Crippen molar-refractivity contribution in [3.05, 3.63) is 57.8 Å². The van der Waals surface area contributed by atoms with Crippen LogP contribution in [0.25, 0.3) is 0 Å². The van der Waals surface area contributed by atoms with Gasteiger partial charge in [-0.2, -0.15) is 0 Å². The Balaban J connectivity index is 1.75. The van der Waals surface area contributed by atoms with Gasteiger partial charge in [0.2, 0.25) is 11.8 Å². The molecular weight excluding hydrogens is 380 g/mol. The summed E-state index contributed by atoms with van der Waals surface area (Å²) >= 11 is 1.72. The quantitative estimate of drug-likeness (QED) is 0.611. The maximum Gasteiger partial charge on any atom is 0.242 e. The highest BCUT2D eigenvalue weighted by atomic mass is 32.1. The fourth-order valence-corrected chi connectivity index (χ4v) is 4.87. The predicted molar refractivity (Wildman–Crippen MR) is 119 cm³/mol.